The summed E-state index contributed by atoms with van der Waals surface area (Å²) in [4.78, 5) is 3.93. The Bertz CT molecular complexity index is 562. The summed E-state index contributed by atoms with van der Waals surface area (Å²) in [6, 6.07) is 7.93. The standard InChI is InChI=1S/C13H12BrFN2O/c1-8(10-7-9(15)4-5-11(10)14)18-12-3-2-6-17-13(12)16/h2-8H,1H3,(H2,16,17)/t8-/m1/s1. The number of hydrogen-bond donors (Lipinski definition) is 1. The molecule has 0 aliphatic rings. The Morgan fingerprint density at radius 3 is 2.89 bits per heavy atom. The van der Waals surface area contributed by atoms with Crippen LogP contribution in [0.4, 0.5) is 10.2 Å². The van der Waals surface area contributed by atoms with Crippen LogP contribution in [0.5, 0.6) is 5.75 Å². The van der Waals surface area contributed by atoms with Crippen LogP contribution in [0.2, 0.25) is 0 Å². The zero-order valence-electron chi connectivity index (χ0n) is 9.73. The predicted octanol–water partition coefficient (Wildman–Crippen LogP) is 3.71. The van der Waals surface area contributed by atoms with Gasteiger partial charge in [-0.2, -0.15) is 0 Å². The molecule has 0 bridgehead atoms. The molecule has 0 radical (unpaired) electrons. The van der Waals surface area contributed by atoms with Crippen molar-refractivity contribution in [1.82, 2.24) is 4.98 Å². The largest absolute Gasteiger partial charge is 0.482 e. The van der Waals surface area contributed by atoms with E-state index in [0.29, 0.717) is 11.6 Å². The molecule has 0 spiro atoms. The highest BCUT2D eigenvalue weighted by molar-refractivity contribution is 9.10. The lowest BCUT2D eigenvalue weighted by Gasteiger charge is -2.17. The molecular formula is C13H12BrFN2O. The Hall–Kier alpha value is -1.62. The van der Waals surface area contributed by atoms with Crippen LogP contribution in [0.3, 0.4) is 0 Å². The van der Waals surface area contributed by atoms with Crippen molar-refractivity contribution < 1.29 is 9.13 Å². The SMILES string of the molecule is C[C@@H](Oc1cccnc1N)c1cc(F)ccc1Br. The van der Waals surface area contributed by atoms with Gasteiger partial charge in [-0.05, 0) is 37.3 Å². The Morgan fingerprint density at radius 2 is 2.17 bits per heavy atom. The Labute approximate surface area is 113 Å². The van der Waals surface area contributed by atoms with E-state index in [1.165, 1.54) is 12.1 Å². The normalized spacial score (nSPS) is 12.2. The monoisotopic (exact) mass is 310 g/mol. The first kappa shape index (κ1) is 12.8. The first-order valence-electron chi connectivity index (χ1n) is 5.40. The third kappa shape index (κ3) is 2.79. The van der Waals surface area contributed by atoms with Gasteiger partial charge in [-0.25, -0.2) is 9.37 Å². The Morgan fingerprint density at radius 1 is 1.39 bits per heavy atom. The molecule has 0 saturated carbocycles. The zero-order chi connectivity index (χ0) is 13.1. The summed E-state index contributed by atoms with van der Waals surface area (Å²) in [6.45, 7) is 1.83. The van der Waals surface area contributed by atoms with Crippen molar-refractivity contribution in [2.24, 2.45) is 0 Å². The summed E-state index contributed by atoms with van der Waals surface area (Å²) < 4.78 is 19.7. The topological polar surface area (TPSA) is 48.1 Å². The molecule has 0 aliphatic carbocycles. The van der Waals surface area contributed by atoms with Crippen molar-refractivity contribution in [2.75, 3.05) is 5.73 Å². The number of pyridine rings is 1. The van der Waals surface area contributed by atoms with Crippen molar-refractivity contribution in [3.05, 3.63) is 52.4 Å². The van der Waals surface area contributed by atoms with Gasteiger partial charge in [0.1, 0.15) is 11.9 Å². The van der Waals surface area contributed by atoms with E-state index in [1.54, 1.807) is 24.4 Å². The molecular weight excluding hydrogens is 299 g/mol. The van der Waals surface area contributed by atoms with Crippen molar-refractivity contribution in [1.29, 1.82) is 0 Å². The van der Waals surface area contributed by atoms with Gasteiger partial charge in [0.05, 0.1) is 0 Å². The average molecular weight is 311 g/mol. The van der Waals surface area contributed by atoms with Gasteiger partial charge in [0, 0.05) is 16.2 Å². The number of rotatable bonds is 3. The summed E-state index contributed by atoms with van der Waals surface area (Å²) in [6.07, 6.45) is 1.26. The zero-order valence-corrected chi connectivity index (χ0v) is 11.3. The molecule has 1 aromatic heterocycles. The number of hydrogen-bond acceptors (Lipinski definition) is 3. The highest BCUT2D eigenvalue weighted by Gasteiger charge is 2.13. The number of nitrogens with two attached hydrogens (primary N) is 1. The summed E-state index contributed by atoms with van der Waals surface area (Å²) in [5.74, 6) is 0.501. The molecule has 0 amide bonds. The molecule has 94 valence electrons. The smallest absolute Gasteiger partial charge is 0.166 e. The minimum Gasteiger partial charge on any atom is -0.482 e. The van der Waals surface area contributed by atoms with Crippen molar-refractivity contribution >= 4 is 21.7 Å². The third-order valence-corrected chi connectivity index (χ3v) is 3.22. The molecule has 0 saturated heterocycles. The lowest BCUT2D eigenvalue weighted by Crippen LogP contribution is -2.06. The Balaban J connectivity index is 2.25. The summed E-state index contributed by atoms with van der Waals surface area (Å²) in [7, 11) is 0. The van der Waals surface area contributed by atoms with Crippen LogP contribution in [0.15, 0.2) is 41.0 Å². The van der Waals surface area contributed by atoms with Gasteiger partial charge in [-0.3, -0.25) is 0 Å². The lowest BCUT2D eigenvalue weighted by atomic mass is 10.1. The number of nitrogen functional groups attached to an aromatic ring is 1. The highest BCUT2D eigenvalue weighted by atomic mass is 79.9. The molecule has 5 heteroatoms. The number of anilines is 1. The fraction of sp³-hybridized carbons (Fsp3) is 0.154. The van der Waals surface area contributed by atoms with E-state index in [4.69, 9.17) is 10.5 Å². The number of halogens is 2. The van der Waals surface area contributed by atoms with Gasteiger partial charge in [0.2, 0.25) is 0 Å². The van der Waals surface area contributed by atoms with Crippen LogP contribution >= 0.6 is 15.9 Å². The summed E-state index contributed by atoms with van der Waals surface area (Å²) >= 11 is 3.37. The highest BCUT2D eigenvalue weighted by Crippen LogP contribution is 2.29. The van der Waals surface area contributed by atoms with E-state index in [0.717, 1.165) is 10.0 Å². The van der Waals surface area contributed by atoms with Crippen LogP contribution in [-0.2, 0) is 0 Å². The quantitative estimate of drug-likeness (QED) is 0.940. The minimum absolute atomic E-state index is 0.303. The first-order valence-corrected chi connectivity index (χ1v) is 6.19. The summed E-state index contributed by atoms with van der Waals surface area (Å²) in [5.41, 5.74) is 6.41. The van der Waals surface area contributed by atoms with Crippen LogP contribution in [-0.4, -0.2) is 4.98 Å². The van der Waals surface area contributed by atoms with Gasteiger partial charge < -0.3 is 10.5 Å². The van der Waals surface area contributed by atoms with Gasteiger partial charge in [-0.15, -0.1) is 0 Å². The lowest BCUT2D eigenvalue weighted by molar-refractivity contribution is 0.226. The molecule has 2 rings (SSSR count). The van der Waals surface area contributed by atoms with E-state index < -0.39 is 0 Å². The second kappa shape index (κ2) is 5.35. The first-order chi connectivity index (χ1) is 8.58. The molecule has 18 heavy (non-hydrogen) atoms. The minimum atomic E-state index is -0.332. The number of aromatic nitrogens is 1. The van der Waals surface area contributed by atoms with E-state index in [1.807, 2.05) is 6.92 Å². The van der Waals surface area contributed by atoms with Crippen molar-refractivity contribution in [2.45, 2.75) is 13.0 Å². The fourth-order valence-electron chi connectivity index (χ4n) is 1.58. The molecule has 2 aromatic rings. The molecule has 1 aromatic carbocycles. The van der Waals surface area contributed by atoms with Crippen LogP contribution in [0, 0.1) is 5.82 Å². The maximum Gasteiger partial charge on any atom is 0.166 e. The molecule has 1 heterocycles. The van der Waals surface area contributed by atoms with Crippen LogP contribution < -0.4 is 10.5 Å². The predicted molar refractivity (Wildman–Crippen MR) is 71.8 cm³/mol. The maximum atomic E-state index is 13.2. The van der Waals surface area contributed by atoms with Crippen LogP contribution in [0.1, 0.15) is 18.6 Å². The van der Waals surface area contributed by atoms with Crippen molar-refractivity contribution in [3.8, 4) is 5.75 Å². The van der Waals surface area contributed by atoms with Gasteiger partial charge >= 0.3 is 0 Å². The van der Waals surface area contributed by atoms with E-state index in [2.05, 4.69) is 20.9 Å². The molecule has 1 atom stereocenters. The van der Waals surface area contributed by atoms with Gasteiger partial charge in [0.25, 0.3) is 0 Å². The van der Waals surface area contributed by atoms with E-state index in [-0.39, 0.29) is 11.9 Å². The number of nitrogens with zero attached hydrogens (tertiary/aromatic N) is 1. The number of benzene rings is 1. The fourth-order valence-corrected chi connectivity index (χ4v) is 2.15. The average Bonchev–Trinajstić information content (AvgIpc) is 2.35. The van der Waals surface area contributed by atoms with Gasteiger partial charge in [0.15, 0.2) is 11.6 Å². The molecule has 0 fully saturated rings. The number of ether oxygens (including phenoxy) is 1. The molecule has 2 N–H and O–H groups in total. The second-order valence-corrected chi connectivity index (χ2v) is 4.67. The van der Waals surface area contributed by atoms with E-state index >= 15 is 0 Å². The molecule has 3 nitrogen and oxygen atoms in total. The Kier molecular flexibility index (Phi) is 3.81. The summed E-state index contributed by atoms with van der Waals surface area (Å²) in [5, 5.41) is 0. The van der Waals surface area contributed by atoms with Crippen molar-refractivity contribution in [3.63, 3.8) is 0 Å². The molecule has 0 unspecified atom stereocenters. The van der Waals surface area contributed by atoms with Crippen LogP contribution in [0.25, 0.3) is 0 Å². The van der Waals surface area contributed by atoms with E-state index in [9.17, 15) is 4.39 Å². The molecule has 0 aliphatic heterocycles. The third-order valence-electron chi connectivity index (χ3n) is 2.50. The maximum absolute atomic E-state index is 13.2. The second-order valence-electron chi connectivity index (χ2n) is 3.81. The van der Waals surface area contributed by atoms with Gasteiger partial charge in [-0.1, -0.05) is 15.9 Å².